The van der Waals surface area contributed by atoms with Gasteiger partial charge in [0, 0.05) is 5.56 Å². The second-order valence-corrected chi connectivity index (χ2v) is 3.88. The van der Waals surface area contributed by atoms with Crippen LogP contribution in [0.1, 0.15) is 15.9 Å². The fraction of sp³-hybridized carbons (Fsp3) is 0.0769. The van der Waals surface area contributed by atoms with Crippen molar-refractivity contribution in [2.75, 3.05) is 0 Å². The molecule has 1 N–H and O–H groups in total. The first-order valence-electron chi connectivity index (χ1n) is 4.99. The zero-order valence-corrected chi connectivity index (χ0v) is 8.31. The van der Waals surface area contributed by atoms with Crippen molar-refractivity contribution >= 4 is 17.1 Å². The van der Waals surface area contributed by atoms with Crippen LogP contribution in [0.4, 0.5) is 0 Å². The molecule has 1 aromatic rings. The minimum Gasteiger partial charge on any atom is -0.504 e. The molecule has 3 heteroatoms. The smallest absolute Gasteiger partial charge is 0.212 e. The molecular weight excluding hydrogens is 204 g/mol. The lowest BCUT2D eigenvalue weighted by molar-refractivity contribution is -0.119. The number of aliphatic hydroxyl groups is 1. The van der Waals surface area contributed by atoms with Crippen LogP contribution in [0.15, 0.2) is 42.2 Å². The Morgan fingerprint density at radius 2 is 1.62 bits per heavy atom. The lowest BCUT2D eigenvalue weighted by Gasteiger charge is -2.12. The topological polar surface area (TPSA) is 54.4 Å². The predicted octanol–water partition coefficient (Wildman–Crippen LogP) is 1.91. The Bertz CT molecular complexity index is 579. The van der Waals surface area contributed by atoms with E-state index in [0.29, 0.717) is 11.1 Å². The van der Waals surface area contributed by atoms with Crippen LogP contribution in [-0.4, -0.2) is 16.7 Å². The molecule has 1 atom stereocenters. The minimum absolute atomic E-state index is 0.216. The summed E-state index contributed by atoms with van der Waals surface area (Å²) < 4.78 is 0. The average molecular weight is 212 g/mol. The van der Waals surface area contributed by atoms with Crippen molar-refractivity contribution < 1.29 is 14.7 Å². The summed E-state index contributed by atoms with van der Waals surface area (Å²) in [6.07, 6.45) is 2.99. The van der Waals surface area contributed by atoms with E-state index in [-0.39, 0.29) is 11.5 Å². The zero-order chi connectivity index (χ0) is 11.3. The van der Waals surface area contributed by atoms with Crippen LogP contribution in [0.25, 0.3) is 5.57 Å². The van der Waals surface area contributed by atoms with E-state index >= 15 is 0 Å². The van der Waals surface area contributed by atoms with Crippen molar-refractivity contribution in [3.05, 3.63) is 53.3 Å². The van der Waals surface area contributed by atoms with Gasteiger partial charge >= 0.3 is 0 Å². The van der Waals surface area contributed by atoms with Gasteiger partial charge in [0.25, 0.3) is 0 Å². The summed E-state index contributed by atoms with van der Waals surface area (Å²) in [6.45, 7) is 0. The van der Waals surface area contributed by atoms with Crippen LogP contribution in [0.2, 0.25) is 0 Å². The Morgan fingerprint density at radius 3 is 2.38 bits per heavy atom. The van der Waals surface area contributed by atoms with Gasteiger partial charge in [-0.1, -0.05) is 30.3 Å². The Hall–Kier alpha value is -2.16. The number of ketones is 2. The van der Waals surface area contributed by atoms with E-state index in [4.69, 9.17) is 0 Å². The SMILES string of the molecule is O=C1C(O)=CC=C2c3ccccc3C(=O)C12. The number of carbonyl (C=O) groups excluding carboxylic acids is 2. The molecule has 0 heterocycles. The first kappa shape index (κ1) is 9.09. The fourth-order valence-corrected chi connectivity index (χ4v) is 2.25. The Morgan fingerprint density at radius 1 is 0.938 bits per heavy atom. The first-order chi connectivity index (χ1) is 7.70. The van der Waals surface area contributed by atoms with Crippen molar-refractivity contribution in [2.24, 2.45) is 5.92 Å². The number of allylic oxidation sites excluding steroid dienone is 4. The van der Waals surface area contributed by atoms with Crippen LogP contribution in [0, 0.1) is 5.92 Å². The van der Waals surface area contributed by atoms with Gasteiger partial charge in [0.15, 0.2) is 11.5 Å². The van der Waals surface area contributed by atoms with Gasteiger partial charge in [-0.15, -0.1) is 0 Å². The first-order valence-corrected chi connectivity index (χ1v) is 4.99. The van der Waals surface area contributed by atoms with Gasteiger partial charge in [-0.05, 0) is 17.2 Å². The van der Waals surface area contributed by atoms with Crippen LogP contribution in [0.5, 0.6) is 0 Å². The number of Topliss-reactive ketones (excluding diaryl/α,β-unsaturated/α-hetero) is 2. The van der Waals surface area contributed by atoms with Crippen LogP contribution < -0.4 is 0 Å². The fourth-order valence-electron chi connectivity index (χ4n) is 2.25. The van der Waals surface area contributed by atoms with Gasteiger partial charge in [-0.3, -0.25) is 9.59 Å². The van der Waals surface area contributed by atoms with Crippen molar-refractivity contribution in [1.82, 2.24) is 0 Å². The van der Waals surface area contributed by atoms with Gasteiger partial charge < -0.3 is 5.11 Å². The second kappa shape index (κ2) is 2.92. The maximum absolute atomic E-state index is 12.0. The summed E-state index contributed by atoms with van der Waals surface area (Å²) in [4.78, 5) is 23.7. The predicted molar refractivity (Wildman–Crippen MR) is 58.0 cm³/mol. The minimum atomic E-state index is -0.831. The Kier molecular flexibility index (Phi) is 1.66. The maximum atomic E-state index is 12.0. The van der Waals surface area contributed by atoms with Gasteiger partial charge in [0.1, 0.15) is 5.92 Å². The molecule has 0 fully saturated rings. The summed E-state index contributed by atoms with van der Waals surface area (Å²) in [7, 11) is 0. The van der Waals surface area contributed by atoms with E-state index in [1.807, 2.05) is 12.1 Å². The lowest BCUT2D eigenvalue weighted by Crippen LogP contribution is -2.23. The number of fused-ring (bicyclic) bond motifs is 3. The molecule has 0 saturated carbocycles. The number of carbonyl (C=O) groups is 2. The molecule has 3 rings (SSSR count). The highest BCUT2D eigenvalue weighted by Gasteiger charge is 2.42. The van der Waals surface area contributed by atoms with Crippen LogP contribution in [0.3, 0.4) is 0 Å². The third kappa shape index (κ3) is 0.972. The van der Waals surface area contributed by atoms with Gasteiger partial charge in [0.2, 0.25) is 5.78 Å². The molecule has 0 radical (unpaired) electrons. The summed E-state index contributed by atoms with van der Waals surface area (Å²) in [5, 5.41) is 9.34. The van der Waals surface area contributed by atoms with Crippen molar-refractivity contribution in [3.63, 3.8) is 0 Å². The van der Waals surface area contributed by atoms with E-state index in [0.717, 1.165) is 5.56 Å². The standard InChI is InChI=1S/C13H8O3/c14-10-6-5-8-7-3-1-2-4-9(7)12(15)11(8)13(10)16/h1-6,11,14H. The third-order valence-electron chi connectivity index (χ3n) is 3.01. The van der Waals surface area contributed by atoms with Crippen LogP contribution in [-0.2, 0) is 4.79 Å². The van der Waals surface area contributed by atoms with Crippen molar-refractivity contribution in [3.8, 4) is 0 Å². The number of benzene rings is 1. The molecule has 3 nitrogen and oxygen atoms in total. The molecule has 16 heavy (non-hydrogen) atoms. The van der Waals surface area contributed by atoms with Crippen molar-refractivity contribution in [1.29, 1.82) is 0 Å². The Labute approximate surface area is 91.7 Å². The molecule has 1 unspecified atom stereocenters. The summed E-state index contributed by atoms with van der Waals surface area (Å²) in [6, 6.07) is 7.13. The normalized spacial score (nSPS) is 22.4. The van der Waals surface area contributed by atoms with Crippen molar-refractivity contribution in [2.45, 2.75) is 0 Å². The van der Waals surface area contributed by atoms with E-state index < -0.39 is 11.7 Å². The van der Waals surface area contributed by atoms with E-state index in [2.05, 4.69) is 0 Å². The Balaban J connectivity index is 2.27. The molecule has 0 amide bonds. The molecular formula is C13H8O3. The average Bonchev–Trinajstić information content (AvgIpc) is 2.59. The maximum Gasteiger partial charge on any atom is 0.212 e. The van der Waals surface area contributed by atoms with E-state index in [9.17, 15) is 14.7 Å². The lowest BCUT2D eigenvalue weighted by atomic mass is 9.89. The summed E-state index contributed by atoms with van der Waals surface area (Å²) in [5.74, 6) is -1.89. The number of hydrogen-bond acceptors (Lipinski definition) is 3. The summed E-state index contributed by atoms with van der Waals surface area (Å²) >= 11 is 0. The molecule has 0 aromatic heterocycles. The van der Waals surface area contributed by atoms with Gasteiger partial charge in [-0.2, -0.15) is 0 Å². The highest BCUT2D eigenvalue weighted by molar-refractivity contribution is 6.28. The molecule has 2 aliphatic carbocycles. The second-order valence-electron chi connectivity index (χ2n) is 3.88. The third-order valence-corrected chi connectivity index (χ3v) is 3.01. The molecule has 0 spiro atoms. The molecule has 0 saturated heterocycles. The zero-order valence-electron chi connectivity index (χ0n) is 8.31. The van der Waals surface area contributed by atoms with Crippen LogP contribution >= 0.6 is 0 Å². The molecule has 0 bridgehead atoms. The highest BCUT2D eigenvalue weighted by Crippen LogP contribution is 2.40. The quantitative estimate of drug-likeness (QED) is 0.668. The number of aliphatic hydroxyl groups excluding tert-OH is 1. The molecule has 2 aliphatic rings. The number of rotatable bonds is 0. The monoisotopic (exact) mass is 212 g/mol. The largest absolute Gasteiger partial charge is 0.504 e. The van der Waals surface area contributed by atoms with E-state index in [1.165, 1.54) is 6.08 Å². The number of hydrogen-bond donors (Lipinski definition) is 1. The summed E-state index contributed by atoms with van der Waals surface area (Å²) in [5.41, 5.74) is 2.06. The molecule has 1 aromatic carbocycles. The molecule has 0 aliphatic heterocycles. The highest BCUT2D eigenvalue weighted by atomic mass is 16.3. The molecule has 78 valence electrons. The van der Waals surface area contributed by atoms with E-state index in [1.54, 1.807) is 18.2 Å². The van der Waals surface area contributed by atoms with Gasteiger partial charge in [-0.25, -0.2) is 0 Å². The van der Waals surface area contributed by atoms with Gasteiger partial charge in [0.05, 0.1) is 0 Å².